The van der Waals surface area contributed by atoms with Gasteiger partial charge in [-0.15, -0.1) is 0 Å². The first-order valence-electron chi connectivity index (χ1n) is 16.9. The summed E-state index contributed by atoms with van der Waals surface area (Å²) in [5.41, 5.74) is 1.50. The lowest BCUT2D eigenvalue weighted by Crippen LogP contribution is -2.51. The van der Waals surface area contributed by atoms with Crippen LogP contribution in [0.1, 0.15) is 65.0 Å². The third-order valence-electron chi connectivity index (χ3n) is 8.63. The highest BCUT2D eigenvalue weighted by Crippen LogP contribution is 2.34. The standard InChI is InChI=1S/C36H50N4O8.CH4/c1-24(2)19-30(36(44)47-25(3)34(42)46-23-27-9-7-6-8-10-27)39(5)33(41)31(48-35(43)29(37-4)20-26-11-12-26)21-28-13-14-32(38-22-28)40-15-17-45-18-16-40;/h6-10,13-14,22,24-26,29-31,37H,11-12,15-21,23H2,1-5H3;1H4/t25-,29+,30+,31-;/m1./s1. The van der Waals surface area contributed by atoms with E-state index in [9.17, 15) is 19.2 Å². The van der Waals surface area contributed by atoms with Crippen LogP contribution < -0.4 is 10.2 Å². The molecular formula is C37H54N4O8. The molecule has 12 nitrogen and oxygen atoms in total. The Hall–Kier alpha value is -4.03. The number of esters is 3. The van der Waals surface area contributed by atoms with Crippen LogP contribution in [0.3, 0.4) is 0 Å². The molecule has 1 N–H and O–H groups in total. The molecule has 1 aromatic carbocycles. The van der Waals surface area contributed by atoms with Crippen LogP contribution in [-0.2, 0) is 51.2 Å². The zero-order valence-electron chi connectivity index (χ0n) is 28.8. The number of likely N-dealkylation sites (N-methyl/N-ethyl adjacent to an activating group) is 2. The molecule has 1 aromatic heterocycles. The normalized spacial score (nSPS) is 16.8. The van der Waals surface area contributed by atoms with Gasteiger partial charge in [-0.3, -0.25) is 9.59 Å². The van der Waals surface area contributed by atoms with Crippen LogP contribution >= 0.6 is 0 Å². The van der Waals surface area contributed by atoms with Crippen LogP contribution in [0, 0.1) is 11.8 Å². The van der Waals surface area contributed by atoms with Crippen molar-refractivity contribution in [3.63, 3.8) is 0 Å². The van der Waals surface area contributed by atoms with Gasteiger partial charge in [0.2, 0.25) is 0 Å². The molecule has 0 radical (unpaired) electrons. The molecule has 4 rings (SSSR count). The molecule has 2 aliphatic rings. The molecule has 270 valence electrons. The number of amides is 1. The number of aromatic nitrogens is 1. The van der Waals surface area contributed by atoms with E-state index in [4.69, 9.17) is 18.9 Å². The average molecular weight is 683 g/mol. The van der Waals surface area contributed by atoms with E-state index in [1.807, 2.05) is 56.3 Å². The molecule has 0 bridgehead atoms. The zero-order valence-corrected chi connectivity index (χ0v) is 28.8. The molecule has 2 heterocycles. The number of hydrogen-bond acceptors (Lipinski definition) is 11. The minimum absolute atomic E-state index is 0. The summed E-state index contributed by atoms with van der Waals surface area (Å²) in [7, 11) is 3.20. The van der Waals surface area contributed by atoms with Gasteiger partial charge < -0.3 is 34.1 Å². The molecule has 2 fully saturated rings. The number of morpholine rings is 1. The molecule has 1 aliphatic heterocycles. The van der Waals surface area contributed by atoms with Crippen LogP contribution in [0.5, 0.6) is 0 Å². The average Bonchev–Trinajstić information content (AvgIpc) is 3.92. The van der Waals surface area contributed by atoms with Crippen molar-refractivity contribution < 1.29 is 38.1 Å². The van der Waals surface area contributed by atoms with Gasteiger partial charge in [0.15, 0.2) is 12.2 Å². The zero-order chi connectivity index (χ0) is 34.6. The lowest BCUT2D eigenvalue weighted by atomic mass is 10.0. The van der Waals surface area contributed by atoms with Crippen LogP contribution in [-0.4, -0.2) is 98.4 Å². The summed E-state index contributed by atoms with van der Waals surface area (Å²) in [5.74, 6) is -1.26. The number of rotatable bonds is 17. The Balaban J connectivity index is 0.00000650. The number of anilines is 1. The SMILES string of the molecule is C.CN[C@@H](CC1CC1)C(=O)O[C@H](Cc1ccc(N2CCOCC2)nc1)C(=O)N(C)[C@@H](CC(C)C)C(=O)O[C@H](C)C(=O)OCc1ccccc1. The first-order chi connectivity index (χ1) is 23.0. The maximum Gasteiger partial charge on any atom is 0.347 e. The molecule has 0 unspecified atom stereocenters. The van der Waals surface area contributed by atoms with Crippen molar-refractivity contribution in [1.82, 2.24) is 15.2 Å². The molecule has 12 heteroatoms. The Morgan fingerprint density at radius 3 is 2.24 bits per heavy atom. The first kappa shape index (κ1) is 39.4. The fourth-order valence-corrected chi connectivity index (χ4v) is 5.54. The predicted octanol–water partition coefficient (Wildman–Crippen LogP) is 3.94. The molecule has 1 saturated carbocycles. The summed E-state index contributed by atoms with van der Waals surface area (Å²) < 4.78 is 22.2. The Morgan fingerprint density at radius 2 is 1.65 bits per heavy atom. The fourth-order valence-electron chi connectivity index (χ4n) is 5.54. The van der Waals surface area contributed by atoms with Crippen LogP contribution in [0.25, 0.3) is 0 Å². The molecule has 49 heavy (non-hydrogen) atoms. The molecular weight excluding hydrogens is 628 g/mol. The van der Waals surface area contributed by atoms with Gasteiger partial charge in [0.25, 0.3) is 5.91 Å². The third kappa shape index (κ3) is 12.1. The summed E-state index contributed by atoms with van der Waals surface area (Å²) >= 11 is 0. The van der Waals surface area contributed by atoms with E-state index in [2.05, 4.69) is 15.2 Å². The summed E-state index contributed by atoms with van der Waals surface area (Å²) in [6, 6.07) is 11.4. The van der Waals surface area contributed by atoms with Gasteiger partial charge in [-0.25, -0.2) is 14.6 Å². The maximum absolute atomic E-state index is 14.1. The predicted molar refractivity (Wildman–Crippen MR) is 186 cm³/mol. The number of pyridine rings is 1. The topological polar surface area (TPSA) is 137 Å². The van der Waals surface area contributed by atoms with Gasteiger partial charge in [0.05, 0.1) is 13.2 Å². The van der Waals surface area contributed by atoms with Crippen LogP contribution in [0.4, 0.5) is 5.82 Å². The van der Waals surface area contributed by atoms with E-state index >= 15 is 0 Å². The van der Waals surface area contributed by atoms with Crippen molar-refractivity contribution in [2.75, 3.05) is 45.3 Å². The Bertz CT molecular complexity index is 1350. The van der Waals surface area contributed by atoms with Crippen molar-refractivity contribution in [1.29, 1.82) is 0 Å². The quantitative estimate of drug-likeness (QED) is 0.192. The van der Waals surface area contributed by atoms with Gasteiger partial charge in [0.1, 0.15) is 24.5 Å². The highest BCUT2D eigenvalue weighted by molar-refractivity contribution is 5.90. The lowest BCUT2D eigenvalue weighted by molar-refractivity contribution is -0.174. The second-order valence-electron chi connectivity index (χ2n) is 13.0. The van der Waals surface area contributed by atoms with Gasteiger partial charge in [-0.2, -0.15) is 0 Å². The second kappa shape index (κ2) is 19.2. The van der Waals surface area contributed by atoms with Crippen LogP contribution in [0.15, 0.2) is 48.7 Å². The van der Waals surface area contributed by atoms with E-state index in [1.54, 1.807) is 13.2 Å². The van der Waals surface area contributed by atoms with E-state index in [0.717, 1.165) is 37.3 Å². The minimum Gasteiger partial charge on any atom is -0.458 e. The highest BCUT2D eigenvalue weighted by atomic mass is 16.6. The van der Waals surface area contributed by atoms with Gasteiger partial charge in [-0.05, 0) is 55.8 Å². The molecule has 2 aromatic rings. The second-order valence-corrected chi connectivity index (χ2v) is 13.0. The number of nitrogens with one attached hydrogen (secondary N) is 1. The van der Waals surface area contributed by atoms with E-state index in [-0.39, 0.29) is 32.8 Å². The van der Waals surface area contributed by atoms with E-state index in [1.165, 1.54) is 18.9 Å². The highest BCUT2D eigenvalue weighted by Gasteiger charge is 2.38. The molecule has 0 spiro atoms. The molecule has 4 atom stereocenters. The minimum atomic E-state index is -1.22. The van der Waals surface area contributed by atoms with Gasteiger partial charge >= 0.3 is 17.9 Å². The molecule has 1 saturated heterocycles. The number of benzene rings is 1. The van der Waals surface area contributed by atoms with E-state index < -0.39 is 48.1 Å². The monoisotopic (exact) mass is 682 g/mol. The fraction of sp³-hybridized carbons (Fsp3) is 0.595. The number of carbonyl (C=O) groups is 4. The molecule has 1 aliphatic carbocycles. The Morgan fingerprint density at radius 1 is 0.959 bits per heavy atom. The Labute approximate surface area is 290 Å². The maximum atomic E-state index is 14.1. The van der Waals surface area contributed by atoms with Crippen molar-refractivity contribution >= 4 is 29.6 Å². The summed E-state index contributed by atoms with van der Waals surface area (Å²) in [6.07, 6.45) is 2.36. The van der Waals surface area contributed by atoms with Gasteiger partial charge in [-0.1, -0.05) is 70.5 Å². The number of ether oxygens (including phenoxy) is 4. The first-order valence-corrected chi connectivity index (χ1v) is 16.9. The number of nitrogens with zero attached hydrogens (tertiary/aromatic N) is 3. The lowest BCUT2D eigenvalue weighted by Gasteiger charge is -2.32. The third-order valence-corrected chi connectivity index (χ3v) is 8.63. The van der Waals surface area contributed by atoms with Crippen LogP contribution in [0.2, 0.25) is 0 Å². The van der Waals surface area contributed by atoms with Gasteiger partial charge in [0, 0.05) is 32.8 Å². The smallest absolute Gasteiger partial charge is 0.347 e. The summed E-state index contributed by atoms with van der Waals surface area (Å²) in [4.78, 5) is 61.7. The summed E-state index contributed by atoms with van der Waals surface area (Å²) in [6.45, 7) is 8.05. The van der Waals surface area contributed by atoms with Crippen molar-refractivity contribution in [2.24, 2.45) is 11.8 Å². The van der Waals surface area contributed by atoms with Crippen molar-refractivity contribution in [3.8, 4) is 0 Å². The number of hydrogen-bond donors (Lipinski definition) is 1. The molecule has 1 amide bonds. The van der Waals surface area contributed by atoms with E-state index in [0.29, 0.717) is 31.1 Å². The van der Waals surface area contributed by atoms with Crippen molar-refractivity contribution in [2.45, 2.75) is 91.2 Å². The Kier molecular flexibility index (Phi) is 15.5. The number of carbonyl (C=O) groups excluding carboxylic acids is 4. The summed E-state index contributed by atoms with van der Waals surface area (Å²) in [5, 5.41) is 3.03. The van der Waals surface area contributed by atoms with Crippen molar-refractivity contribution in [3.05, 3.63) is 59.8 Å². The largest absolute Gasteiger partial charge is 0.458 e.